The van der Waals surface area contributed by atoms with Crippen molar-refractivity contribution >= 4 is 34.1 Å². The van der Waals surface area contributed by atoms with Gasteiger partial charge in [0, 0.05) is 11.1 Å². The molecular weight excluding hydrogens is 299 g/mol. The zero-order valence-electron chi connectivity index (χ0n) is 10.3. The van der Waals surface area contributed by atoms with E-state index in [1.54, 1.807) is 6.07 Å². The minimum Gasteiger partial charge on any atom is -0.422 e. The van der Waals surface area contributed by atoms with E-state index >= 15 is 0 Å². The van der Waals surface area contributed by atoms with Gasteiger partial charge >= 0.3 is 6.01 Å². The van der Waals surface area contributed by atoms with E-state index in [4.69, 9.17) is 27.9 Å². The Morgan fingerprint density at radius 3 is 2.40 bits per heavy atom. The molecule has 0 radical (unpaired) electrons. The van der Waals surface area contributed by atoms with E-state index in [1.165, 1.54) is 0 Å². The molecule has 0 amide bonds. The van der Waals surface area contributed by atoms with Crippen LogP contribution in [0.15, 0.2) is 30.3 Å². The normalized spacial score (nSPS) is 10.8. The van der Waals surface area contributed by atoms with Crippen molar-refractivity contribution < 1.29 is 4.74 Å². The summed E-state index contributed by atoms with van der Waals surface area (Å²) < 4.78 is 5.61. The number of hydrogen-bond donors (Lipinski definition) is 0. The van der Waals surface area contributed by atoms with Crippen LogP contribution in [0.25, 0.3) is 10.9 Å². The Morgan fingerprint density at radius 1 is 0.900 bits per heavy atom. The Labute approximate surface area is 124 Å². The van der Waals surface area contributed by atoms with Crippen molar-refractivity contribution in [3.05, 3.63) is 46.6 Å². The molecule has 0 fully saturated rings. The second kappa shape index (κ2) is 5.19. The molecule has 7 heteroatoms. The standard InChI is InChI=1S/C13H8Cl2N4O/c1-7-5-6-8-3-2-4-9(10(8)16-7)20-13-18-11(14)17-12(15)19-13/h2-6H,1H3. The van der Waals surface area contributed by atoms with Crippen molar-refractivity contribution in [2.45, 2.75) is 6.92 Å². The van der Waals surface area contributed by atoms with Crippen LogP contribution in [0.1, 0.15) is 5.69 Å². The molecule has 2 heterocycles. The number of hydrogen-bond acceptors (Lipinski definition) is 5. The fourth-order valence-electron chi connectivity index (χ4n) is 1.75. The van der Waals surface area contributed by atoms with E-state index in [1.807, 2.05) is 31.2 Å². The van der Waals surface area contributed by atoms with E-state index in [-0.39, 0.29) is 16.6 Å². The third-order valence-electron chi connectivity index (χ3n) is 2.58. The smallest absolute Gasteiger partial charge is 0.327 e. The molecule has 1 aromatic carbocycles. The number of halogens is 2. The van der Waals surface area contributed by atoms with E-state index in [9.17, 15) is 0 Å². The highest BCUT2D eigenvalue weighted by Gasteiger charge is 2.09. The maximum atomic E-state index is 5.72. The van der Waals surface area contributed by atoms with Crippen LogP contribution < -0.4 is 4.74 Å². The van der Waals surface area contributed by atoms with Crippen LogP contribution in [0.4, 0.5) is 0 Å². The lowest BCUT2D eigenvalue weighted by molar-refractivity contribution is 0.443. The number of benzene rings is 1. The van der Waals surface area contributed by atoms with Gasteiger partial charge in [-0.3, -0.25) is 0 Å². The fourth-order valence-corrected chi connectivity index (χ4v) is 2.10. The number of aryl methyl sites for hydroxylation is 1. The molecule has 0 aliphatic heterocycles. The molecule has 0 saturated heterocycles. The lowest BCUT2D eigenvalue weighted by Crippen LogP contribution is -1.96. The van der Waals surface area contributed by atoms with Crippen LogP contribution in [0.3, 0.4) is 0 Å². The highest BCUT2D eigenvalue weighted by molar-refractivity contribution is 6.31. The summed E-state index contributed by atoms with van der Waals surface area (Å²) in [5.41, 5.74) is 1.61. The van der Waals surface area contributed by atoms with Crippen molar-refractivity contribution in [3.8, 4) is 11.8 Å². The van der Waals surface area contributed by atoms with Gasteiger partial charge in [-0.2, -0.15) is 15.0 Å². The predicted octanol–water partition coefficient (Wildman–Crippen LogP) is 3.83. The number of ether oxygens (including phenoxy) is 1. The molecule has 0 aliphatic carbocycles. The molecule has 5 nitrogen and oxygen atoms in total. The Kier molecular flexibility index (Phi) is 3.38. The zero-order valence-corrected chi connectivity index (χ0v) is 11.9. The number of fused-ring (bicyclic) bond motifs is 1. The average molecular weight is 307 g/mol. The first-order chi connectivity index (χ1) is 9.61. The first-order valence-electron chi connectivity index (χ1n) is 5.73. The summed E-state index contributed by atoms with van der Waals surface area (Å²) in [5.74, 6) is 0.532. The minimum absolute atomic E-state index is 0.0237. The maximum absolute atomic E-state index is 5.72. The Morgan fingerprint density at radius 2 is 1.65 bits per heavy atom. The van der Waals surface area contributed by atoms with Crippen LogP contribution in [-0.4, -0.2) is 19.9 Å². The molecular formula is C13H8Cl2N4O. The number of rotatable bonds is 2. The topological polar surface area (TPSA) is 60.8 Å². The lowest BCUT2D eigenvalue weighted by Gasteiger charge is -2.07. The molecule has 0 saturated carbocycles. The monoisotopic (exact) mass is 306 g/mol. The summed E-state index contributed by atoms with van der Waals surface area (Å²) in [6.07, 6.45) is 0. The van der Waals surface area contributed by atoms with Crippen molar-refractivity contribution in [2.75, 3.05) is 0 Å². The Balaban J connectivity index is 2.08. The second-order valence-electron chi connectivity index (χ2n) is 4.04. The second-order valence-corrected chi connectivity index (χ2v) is 4.71. The molecule has 100 valence electrons. The van der Waals surface area contributed by atoms with E-state index in [0.717, 1.165) is 16.6 Å². The number of para-hydroxylation sites is 1. The molecule has 20 heavy (non-hydrogen) atoms. The van der Waals surface area contributed by atoms with Gasteiger partial charge in [0.2, 0.25) is 10.6 Å². The number of aromatic nitrogens is 4. The molecule has 0 aliphatic rings. The van der Waals surface area contributed by atoms with Gasteiger partial charge in [0.05, 0.1) is 0 Å². The molecule has 3 aromatic rings. The Hall–Kier alpha value is -1.98. The predicted molar refractivity (Wildman–Crippen MR) is 76.4 cm³/mol. The zero-order chi connectivity index (χ0) is 14.1. The van der Waals surface area contributed by atoms with E-state index in [0.29, 0.717) is 5.75 Å². The summed E-state index contributed by atoms with van der Waals surface area (Å²) in [5, 5.41) is 0.910. The molecule has 0 atom stereocenters. The van der Waals surface area contributed by atoms with Gasteiger partial charge in [0.1, 0.15) is 5.52 Å². The first kappa shape index (κ1) is 13.0. The fraction of sp³-hybridized carbons (Fsp3) is 0.0769. The van der Waals surface area contributed by atoms with Gasteiger partial charge in [-0.25, -0.2) is 4.98 Å². The minimum atomic E-state index is -0.0237. The molecule has 0 N–H and O–H groups in total. The quantitative estimate of drug-likeness (QED) is 0.720. The van der Waals surface area contributed by atoms with Crippen molar-refractivity contribution in [2.24, 2.45) is 0 Å². The van der Waals surface area contributed by atoms with Crippen LogP contribution in [0.2, 0.25) is 10.6 Å². The molecule has 3 rings (SSSR count). The summed E-state index contributed by atoms with van der Waals surface area (Å²) in [4.78, 5) is 15.9. The van der Waals surface area contributed by atoms with Crippen molar-refractivity contribution in [3.63, 3.8) is 0 Å². The van der Waals surface area contributed by atoms with Gasteiger partial charge in [-0.15, -0.1) is 0 Å². The van der Waals surface area contributed by atoms with Crippen LogP contribution >= 0.6 is 23.2 Å². The van der Waals surface area contributed by atoms with Gasteiger partial charge in [0.15, 0.2) is 5.75 Å². The summed E-state index contributed by atoms with van der Waals surface area (Å²) in [6, 6.07) is 9.52. The van der Waals surface area contributed by atoms with E-state index < -0.39 is 0 Å². The Bertz CT molecular complexity index is 774. The SMILES string of the molecule is Cc1ccc2cccc(Oc3nc(Cl)nc(Cl)n3)c2n1. The largest absolute Gasteiger partial charge is 0.422 e. The molecule has 2 aromatic heterocycles. The van der Waals surface area contributed by atoms with Gasteiger partial charge < -0.3 is 4.74 Å². The lowest BCUT2D eigenvalue weighted by atomic mass is 10.2. The average Bonchev–Trinajstić information content (AvgIpc) is 2.38. The van der Waals surface area contributed by atoms with E-state index in [2.05, 4.69) is 19.9 Å². The van der Waals surface area contributed by atoms with Gasteiger partial charge in [-0.05, 0) is 42.3 Å². The summed E-state index contributed by atoms with van der Waals surface area (Å²) >= 11 is 11.4. The number of nitrogens with zero attached hydrogens (tertiary/aromatic N) is 4. The molecule has 0 bridgehead atoms. The third-order valence-corrected chi connectivity index (χ3v) is 2.92. The van der Waals surface area contributed by atoms with Crippen molar-refractivity contribution in [1.29, 1.82) is 0 Å². The van der Waals surface area contributed by atoms with Gasteiger partial charge in [0.25, 0.3) is 0 Å². The molecule has 0 unspecified atom stereocenters. The van der Waals surface area contributed by atoms with Crippen LogP contribution in [-0.2, 0) is 0 Å². The van der Waals surface area contributed by atoms with Crippen LogP contribution in [0.5, 0.6) is 11.8 Å². The third kappa shape index (κ3) is 2.64. The van der Waals surface area contributed by atoms with Crippen molar-refractivity contribution in [1.82, 2.24) is 19.9 Å². The summed E-state index contributed by atoms with van der Waals surface area (Å²) in [7, 11) is 0. The van der Waals surface area contributed by atoms with Gasteiger partial charge in [-0.1, -0.05) is 18.2 Å². The number of pyridine rings is 1. The maximum Gasteiger partial charge on any atom is 0.327 e. The first-order valence-corrected chi connectivity index (χ1v) is 6.49. The summed E-state index contributed by atoms with van der Waals surface area (Å²) in [6.45, 7) is 1.91. The molecule has 0 spiro atoms. The van der Waals surface area contributed by atoms with Crippen LogP contribution in [0, 0.1) is 6.92 Å². The highest BCUT2D eigenvalue weighted by Crippen LogP contribution is 2.27. The highest BCUT2D eigenvalue weighted by atomic mass is 35.5.